The number of halogens is 2. The van der Waals surface area contributed by atoms with Crippen molar-refractivity contribution in [3.05, 3.63) is 34.6 Å². The molecular weight excluding hydrogens is 245 g/mol. The number of benzene rings is 1. The zero-order valence-electron chi connectivity index (χ0n) is 9.17. The van der Waals surface area contributed by atoms with Crippen LogP contribution in [0, 0.1) is 5.82 Å². The first-order valence-electron chi connectivity index (χ1n) is 5.46. The highest BCUT2D eigenvalue weighted by Gasteiger charge is 2.34. The summed E-state index contributed by atoms with van der Waals surface area (Å²) in [7, 11) is 0. The molecule has 0 atom stereocenters. The molecule has 5 heteroatoms. The number of rotatable bonds is 3. The summed E-state index contributed by atoms with van der Waals surface area (Å²) in [5.74, 6) is -1.17. The third kappa shape index (κ3) is 2.76. The van der Waals surface area contributed by atoms with Gasteiger partial charge in [-0.1, -0.05) is 11.6 Å². The van der Waals surface area contributed by atoms with Crippen molar-refractivity contribution >= 4 is 17.5 Å². The zero-order valence-corrected chi connectivity index (χ0v) is 9.93. The zero-order chi connectivity index (χ0) is 12.5. The van der Waals surface area contributed by atoms with E-state index in [1.165, 1.54) is 12.1 Å². The highest BCUT2D eigenvalue weighted by atomic mass is 35.5. The van der Waals surface area contributed by atoms with Gasteiger partial charge in [-0.3, -0.25) is 4.79 Å². The van der Waals surface area contributed by atoms with Crippen LogP contribution in [-0.2, 0) is 0 Å². The Morgan fingerprint density at radius 3 is 2.82 bits per heavy atom. The van der Waals surface area contributed by atoms with Gasteiger partial charge >= 0.3 is 0 Å². The van der Waals surface area contributed by atoms with E-state index >= 15 is 0 Å². The lowest BCUT2D eigenvalue weighted by molar-refractivity contribution is -0.0300. The van der Waals surface area contributed by atoms with Crippen molar-refractivity contribution in [1.82, 2.24) is 5.32 Å². The van der Waals surface area contributed by atoms with Gasteiger partial charge in [-0.15, -0.1) is 0 Å². The number of aliphatic hydroxyl groups is 1. The van der Waals surface area contributed by atoms with Crippen molar-refractivity contribution in [3.63, 3.8) is 0 Å². The summed E-state index contributed by atoms with van der Waals surface area (Å²) in [5.41, 5.74) is -0.912. The van der Waals surface area contributed by atoms with Crippen LogP contribution in [0.5, 0.6) is 0 Å². The monoisotopic (exact) mass is 257 g/mol. The second-order valence-corrected chi connectivity index (χ2v) is 4.82. The molecule has 2 rings (SSSR count). The largest absolute Gasteiger partial charge is 0.388 e. The molecule has 1 aromatic carbocycles. The van der Waals surface area contributed by atoms with Crippen LogP contribution >= 0.6 is 11.6 Å². The molecule has 1 amide bonds. The summed E-state index contributed by atoms with van der Waals surface area (Å²) in [5, 5.41) is 12.6. The van der Waals surface area contributed by atoms with Gasteiger partial charge in [0.1, 0.15) is 5.82 Å². The lowest BCUT2D eigenvalue weighted by Gasteiger charge is -2.36. The molecule has 17 heavy (non-hydrogen) atoms. The van der Waals surface area contributed by atoms with Crippen LogP contribution in [0.1, 0.15) is 29.6 Å². The predicted molar refractivity (Wildman–Crippen MR) is 62.5 cm³/mol. The highest BCUT2D eigenvalue weighted by Crippen LogP contribution is 2.30. The molecule has 92 valence electrons. The van der Waals surface area contributed by atoms with Gasteiger partial charge in [-0.05, 0) is 37.5 Å². The van der Waals surface area contributed by atoms with Crippen LogP contribution in [0.3, 0.4) is 0 Å². The lowest BCUT2D eigenvalue weighted by Crippen LogP contribution is -2.47. The summed E-state index contributed by atoms with van der Waals surface area (Å²) in [6, 6.07) is 3.81. The number of amides is 1. The van der Waals surface area contributed by atoms with E-state index < -0.39 is 17.3 Å². The Balaban J connectivity index is 2.01. The molecule has 0 unspecified atom stereocenters. The van der Waals surface area contributed by atoms with Crippen molar-refractivity contribution < 1.29 is 14.3 Å². The van der Waals surface area contributed by atoms with E-state index in [2.05, 4.69) is 5.32 Å². The Hall–Kier alpha value is -1.13. The average molecular weight is 258 g/mol. The molecule has 0 saturated heterocycles. The van der Waals surface area contributed by atoms with Crippen LogP contribution in [-0.4, -0.2) is 23.2 Å². The Bertz CT molecular complexity index is 446. The summed E-state index contributed by atoms with van der Waals surface area (Å²) in [6.07, 6.45) is 2.30. The van der Waals surface area contributed by atoms with E-state index in [-0.39, 0.29) is 12.1 Å². The Morgan fingerprint density at radius 2 is 2.24 bits per heavy atom. The normalized spacial score (nSPS) is 17.4. The molecule has 0 aliphatic heterocycles. The average Bonchev–Trinajstić information content (AvgIpc) is 2.26. The van der Waals surface area contributed by atoms with Crippen molar-refractivity contribution in [2.75, 3.05) is 6.54 Å². The summed E-state index contributed by atoms with van der Waals surface area (Å²) in [4.78, 5) is 11.7. The van der Waals surface area contributed by atoms with E-state index in [1.807, 2.05) is 0 Å². The van der Waals surface area contributed by atoms with Gasteiger partial charge in [0.25, 0.3) is 5.91 Å². The van der Waals surface area contributed by atoms with Gasteiger partial charge in [0.2, 0.25) is 0 Å². The summed E-state index contributed by atoms with van der Waals surface area (Å²) >= 11 is 5.69. The van der Waals surface area contributed by atoms with E-state index in [0.29, 0.717) is 17.9 Å². The fourth-order valence-electron chi connectivity index (χ4n) is 1.77. The summed E-state index contributed by atoms with van der Waals surface area (Å²) in [6.45, 7) is 0.151. The highest BCUT2D eigenvalue weighted by molar-refractivity contribution is 6.30. The van der Waals surface area contributed by atoms with Crippen LogP contribution in [0.15, 0.2) is 18.2 Å². The molecule has 0 spiro atoms. The Labute approximate surface area is 104 Å². The van der Waals surface area contributed by atoms with Gasteiger partial charge in [0, 0.05) is 11.6 Å². The maximum absolute atomic E-state index is 13.4. The van der Waals surface area contributed by atoms with Crippen molar-refractivity contribution in [2.45, 2.75) is 24.9 Å². The molecule has 1 aliphatic carbocycles. The second kappa shape index (κ2) is 4.63. The van der Waals surface area contributed by atoms with Crippen LogP contribution in [0.2, 0.25) is 5.02 Å². The van der Waals surface area contributed by atoms with E-state index in [1.54, 1.807) is 0 Å². The SMILES string of the molecule is O=C(NCC1(O)CCC1)c1cc(Cl)ccc1F. The van der Waals surface area contributed by atoms with Crippen LogP contribution < -0.4 is 5.32 Å². The third-order valence-electron chi connectivity index (χ3n) is 3.04. The van der Waals surface area contributed by atoms with Gasteiger partial charge in [-0.2, -0.15) is 0 Å². The van der Waals surface area contributed by atoms with Crippen LogP contribution in [0.4, 0.5) is 4.39 Å². The van der Waals surface area contributed by atoms with Gasteiger partial charge in [-0.25, -0.2) is 4.39 Å². The Morgan fingerprint density at radius 1 is 1.53 bits per heavy atom. The molecule has 1 aromatic rings. The van der Waals surface area contributed by atoms with Crippen molar-refractivity contribution in [3.8, 4) is 0 Å². The summed E-state index contributed by atoms with van der Waals surface area (Å²) < 4.78 is 13.4. The molecule has 2 N–H and O–H groups in total. The number of carbonyl (C=O) groups is 1. The first-order chi connectivity index (χ1) is 8.00. The molecule has 3 nitrogen and oxygen atoms in total. The number of carbonyl (C=O) groups excluding carboxylic acids is 1. The first-order valence-corrected chi connectivity index (χ1v) is 5.84. The smallest absolute Gasteiger partial charge is 0.254 e. The molecular formula is C12H13ClFNO2. The molecule has 1 saturated carbocycles. The van der Waals surface area contributed by atoms with Gasteiger partial charge in [0.05, 0.1) is 11.2 Å². The minimum absolute atomic E-state index is 0.0968. The molecule has 0 radical (unpaired) electrons. The lowest BCUT2D eigenvalue weighted by atomic mass is 9.80. The second-order valence-electron chi connectivity index (χ2n) is 4.38. The fourth-order valence-corrected chi connectivity index (χ4v) is 1.95. The topological polar surface area (TPSA) is 49.3 Å². The molecule has 0 heterocycles. The standard InChI is InChI=1S/C12H13ClFNO2/c13-8-2-3-10(14)9(6-8)11(16)15-7-12(17)4-1-5-12/h2-3,6,17H,1,4-5,7H2,(H,15,16). The van der Waals surface area contributed by atoms with Crippen LogP contribution in [0.25, 0.3) is 0 Å². The molecule has 1 fully saturated rings. The molecule has 0 aromatic heterocycles. The molecule has 0 bridgehead atoms. The maximum atomic E-state index is 13.4. The maximum Gasteiger partial charge on any atom is 0.254 e. The fraction of sp³-hybridized carbons (Fsp3) is 0.417. The minimum Gasteiger partial charge on any atom is -0.388 e. The van der Waals surface area contributed by atoms with Crippen molar-refractivity contribution in [2.24, 2.45) is 0 Å². The van der Waals surface area contributed by atoms with Crippen molar-refractivity contribution in [1.29, 1.82) is 0 Å². The third-order valence-corrected chi connectivity index (χ3v) is 3.27. The minimum atomic E-state index is -0.815. The number of hydrogen-bond acceptors (Lipinski definition) is 2. The van der Waals surface area contributed by atoms with Gasteiger partial charge in [0.15, 0.2) is 0 Å². The molecule has 1 aliphatic rings. The van der Waals surface area contributed by atoms with E-state index in [0.717, 1.165) is 12.5 Å². The van der Waals surface area contributed by atoms with E-state index in [4.69, 9.17) is 11.6 Å². The van der Waals surface area contributed by atoms with Gasteiger partial charge < -0.3 is 10.4 Å². The van der Waals surface area contributed by atoms with E-state index in [9.17, 15) is 14.3 Å². The quantitative estimate of drug-likeness (QED) is 0.872. The number of hydrogen-bond donors (Lipinski definition) is 2. The Kier molecular flexibility index (Phi) is 3.35. The number of nitrogens with one attached hydrogen (secondary N) is 1. The predicted octanol–water partition coefficient (Wildman–Crippen LogP) is 2.12. The first kappa shape index (κ1) is 12.3.